The number of benzene rings is 2. The number of nitrogens with zero attached hydrogens (tertiary/aromatic N) is 3. The molecule has 314 valence electrons. The van der Waals surface area contributed by atoms with Gasteiger partial charge in [0.2, 0.25) is 11.9 Å². The molecule has 0 radical (unpaired) electrons. The Morgan fingerprint density at radius 2 is 1.40 bits per heavy atom. The molecule has 0 saturated heterocycles. The number of alkyl carbamates (subject to hydrolysis) is 1. The first kappa shape index (κ1) is 46.9. The molecular weight excluding hydrogens is 766 g/mol. The Kier molecular flexibility index (Phi) is 15.6. The van der Waals surface area contributed by atoms with Crippen LogP contribution in [0.15, 0.2) is 65.7 Å². The largest absolute Gasteiger partial charge is 0.459 e. The minimum atomic E-state index is -0.946. The molecule has 0 saturated carbocycles. The summed E-state index contributed by atoms with van der Waals surface area (Å²) >= 11 is 6.59. The number of amides is 3. The van der Waals surface area contributed by atoms with Gasteiger partial charge in [-0.15, -0.1) is 4.99 Å². The van der Waals surface area contributed by atoms with Crippen LogP contribution in [0.25, 0.3) is 0 Å². The van der Waals surface area contributed by atoms with E-state index in [-0.39, 0.29) is 59.5 Å². The molecule has 3 rings (SSSR count). The van der Waals surface area contributed by atoms with Gasteiger partial charge in [0.1, 0.15) is 29.1 Å². The summed E-state index contributed by atoms with van der Waals surface area (Å²) in [5.74, 6) is -1.58. The second-order valence-corrected chi connectivity index (χ2v) is 17.9. The average molecular weight is 822 g/mol. The third kappa shape index (κ3) is 16.9. The molecule has 3 aromatic rings. The maximum absolute atomic E-state index is 13.6. The number of carbonyl (C=O) groups is 5. The molecule has 14 nitrogen and oxygen atoms in total. The molecule has 3 amide bonds. The number of hydrogen-bond donors (Lipinski definition) is 2. The number of ether oxygens (including phenoxy) is 4. The molecule has 58 heavy (non-hydrogen) atoms. The van der Waals surface area contributed by atoms with Crippen LogP contribution < -0.4 is 15.4 Å². The highest BCUT2D eigenvalue weighted by Gasteiger charge is 2.25. The second kappa shape index (κ2) is 19.3. The number of aromatic nitrogens is 1. The fraction of sp³-hybridized carbons (Fsp3) is 0.465. The van der Waals surface area contributed by atoms with Gasteiger partial charge in [-0.3, -0.25) is 19.9 Å². The van der Waals surface area contributed by atoms with Crippen molar-refractivity contribution in [3.05, 3.63) is 88.2 Å². The number of nitrogens with one attached hydrogen (secondary N) is 2. The SMILES string of the molecule is CC(C)(C)OC(=O)CN(Cc1cccc(C(C)(C)C)n1)C(=O)CCc1ccc(OC(=O)c2ccc(N/C(=N\C(=O)OC(C)(C)C)NC(=O)OC(C)(C)C)cc2)cc1Cl. The number of esters is 2. The van der Waals surface area contributed by atoms with Gasteiger partial charge in [-0.2, -0.15) is 0 Å². The minimum Gasteiger partial charge on any atom is -0.459 e. The number of carbonyl (C=O) groups excluding carboxylic acids is 5. The van der Waals surface area contributed by atoms with Gasteiger partial charge < -0.3 is 29.2 Å². The summed E-state index contributed by atoms with van der Waals surface area (Å²) in [6.45, 7) is 21.4. The predicted octanol–water partition coefficient (Wildman–Crippen LogP) is 8.78. The van der Waals surface area contributed by atoms with Crippen LogP contribution in [-0.2, 0) is 42.2 Å². The van der Waals surface area contributed by atoms with Gasteiger partial charge in [-0.1, -0.05) is 44.5 Å². The molecule has 0 aliphatic heterocycles. The van der Waals surface area contributed by atoms with Crippen LogP contribution in [0, 0.1) is 0 Å². The Morgan fingerprint density at radius 1 is 0.776 bits per heavy atom. The summed E-state index contributed by atoms with van der Waals surface area (Å²) in [6.07, 6.45) is -1.51. The van der Waals surface area contributed by atoms with E-state index in [0.717, 1.165) is 5.69 Å². The Hall–Kier alpha value is -5.50. The van der Waals surface area contributed by atoms with E-state index in [2.05, 4.69) is 15.6 Å². The van der Waals surface area contributed by atoms with E-state index in [1.54, 1.807) is 74.4 Å². The van der Waals surface area contributed by atoms with Gasteiger partial charge >= 0.3 is 24.1 Å². The normalized spacial score (nSPS) is 12.3. The van der Waals surface area contributed by atoms with Crippen LogP contribution in [0.4, 0.5) is 15.3 Å². The van der Waals surface area contributed by atoms with Crippen molar-refractivity contribution in [3.8, 4) is 5.75 Å². The first-order valence-electron chi connectivity index (χ1n) is 18.8. The highest BCUT2D eigenvalue weighted by molar-refractivity contribution is 6.31. The third-order valence-electron chi connectivity index (χ3n) is 7.46. The van der Waals surface area contributed by atoms with Gasteiger partial charge in [0.05, 0.1) is 17.8 Å². The Labute approximate surface area is 346 Å². The lowest BCUT2D eigenvalue weighted by molar-refractivity contribution is -0.159. The van der Waals surface area contributed by atoms with Gasteiger partial charge in [-0.05, 0) is 123 Å². The molecule has 0 atom stereocenters. The predicted molar refractivity (Wildman–Crippen MR) is 222 cm³/mol. The van der Waals surface area contributed by atoms with Gasteiger partial charge in [0, 0.05) is 28.2 Å². The topological polar surface area (TPSA) is 175 Å². The molecule has 0 unspecified atom stereocenters. The zero-order valence-electron chi connectivity index (χ0n) is 35.5. The molecular formula is C43H56ClN5O9. The molecule has 15 heteroatoms. The van der Waals surface area contributed by atoms with Crippen LogP contribution in [0.1, 0.15) is 117 Å². The Morgan fingerprint density at radius 3 is 1.97 bits per heavy atom. The van der Waals surface area contributed by atoms with E-state index in [1.807, 2.05) is 39.0 Å². The van der Waals surface area contributed by atoms with Crippen LogP contribution in [0.2, 0.25) is 5.02 Å². The summed E-state index contributed by atoms with van der Waals surface area (Å²) in [7, 11) is 0. The molecule has 1 heterocycles. The van der Waals surface area contributed by atoms with E-state index >= 15 is 0 Å². The first-order chi connectivity index (χ1) is 26.7. The standard InChI is InChI=1S/C43H56ClN5O9/c1-40(2,3)33-15-13-14-30(45-33)25-49(26-35(51)56-41(4,5)6)34(50)23-19-27-18-22-31(24-32(27)44)55-36(52)28-16-20-29(21-17-28)46-37(47-38(53)57-42(7,8)9)48-39(54)58-43(10,11)12/h13-18,20-22,24H,19,23,25-26H2,1-12H3,(H2,46,47,48,53,54). The number of anilines is 1. The Bertz CT molecular complexity index is 1990. The number of aryl methyl sites for hydroxylation is 1. The summed E-state index contributed by atoms with van der Waals surface area (Å²) in [6, 6.07) is 16.3. The van der Waals surface area contributed by atoms with Gasteiger partial charge in [0.25, 0.3) is 0 Å². The molecule has 1 aromatic heterocycles. The monoisotopic (exact) mass is 821 g/mol. The summed E-state index contributed by atoms with van der Waals surface area (Å²) in [5.41, 5.74) is 0.148. The molecule has 0 spiro atoms. The molecule has 0 aliphatic carbocycles. The molecule has 0 aliphatic rings. The second-order valence-electron chi connectivity index (χ2n) is 17.5. The zero-order chi connectivity index (χ0) is 43.6. The zero-order valence-corrected chi connectivity index (χ0v) is 36.3. The quantitative estimate of drug-likeness (QED) is 0.0658. The molecule has 2 aromatic carbocycles. The average Bonchev–Trinajstić information content (AvgIpc) is 3.05. The number of pyridine rings is 1. The summed E-state index contributed by atoms with van der Waals surface area (Å²) < 4.78 is 21.6. The van der Waals surface area contributed by atoms with E-state index in [0.29, 0.717) is 16.9 Å². The van der Waals surface area contributed by atoms with Crippen molar-refractivity contribution in [2.75, 3.05) is 11.9 Å². The summed E-state index contributed by atoms with van der Waals surface area (Å²) in [4.78, 5) is 74.3. The van der Waals surface area contributed by atoms with Crippen molar-refractivity contribution in [3.63, 3.8) is 0 Å². The lowest BCUT2D eigenvalue weighted by atomic mass is 9.91. The van der Waals surface area contributed by atoms with Crippen LogP contribution in [0.3, 0.4) is 0 Å². The maximum Gasteiger partial charge on any atom is 0.437 e. The lowest BCUT2D eigenvalue weighted by Gasteiger charge is -2.26. The number of aliphatic imine (C=N–C) groups is 1. The first-order valence-corrected chi connectivity index (χ1v) is 19.2. The van der Waals surface area contributed by atoms with Crippen molar-refractivity contribution in [1.82, 2.24) is 15.2 Å². The van der Waals surface area contributed by atoms with Crippen molar-refractivity contribution >= 4 is 53.3 Å². The van der Waals surface area contributed by atoms with Crippen LogP contribution in [-0.4, -0.2) is 69.2 Å². The van der Waals surface area contributed by atoms with Gasteiger partial charge in [-0.25, -0.2) is 14.4 Å². The molecule has 0 bridgehead atoms. The highest BCUT2D eigenvalue weighted by atomic mass is 35.5. The van der Waals surface area contributed by atoms with Crippen molar-refractivity contribution in [2.24, 2.45) is 4.99 Å². The van der Waals surface area contributed by atoms with Crippen molar-refractivity contribution in [1.29, 1.82) is 0 Å². The minimum absolute atomic E-state index is 0.0402. The van der Waals surface area contributed by atoms with Crippen LogP contribution >= 0.6 is 11.6 Å². The third-order valence-corrected chi connectivity index (χ3v) is 7.82. The molecule has 0 fully saturated rings. The van der Waals surface area contributed by atoms with Crippen LogP contribution in [0.5, 0.6) is 5.75 Å². The number of halogens is 1. The summed E-state index contributed by atoms with van der Waals surface area (Å²) in [5, 5.41) is 5.50. The van der Waals surface area contributed by atoms with Crippen molar-refractivity contribution < 1.29 is 42.9 Å². The molecule has 2 N–H and O–H groups in total. The smallest absolute Gasteiger partial charge is 0.437 e. The fourth-order valence-corrected chi connectivity index (χ4v) is 5.26. The van der Waals surface area contributed by atoms with E-state index < -0.39 is 40.9 Å². The van der Waals surface area contributed by atoms with E-state index in [4.69, 9.17) is 35.5 Å². The number of rotatable bonds is 10. The highest BCUT2D eigenvalue weighted by Crippen LogP contribution is 2.26. The maximum atomic E-state index is 13.6. The fourth-order valence-electron chi connectivity index (χ4n) is 4.99. The number of guanidine groups is 1. The van der Waals surface area contributed by atoms with Crippen molar-refractivity contribution in [2.45, 2.75) is 125 Å². The van der Waals surface area contributed by atoms with E-state index in [1.165, 1.54) is 35.2 Å². The number of hydrogen-bond acceptors (Lipinski definition) is 10. The lowest BCUT2D eigenvalue weighted by Crippen LogP contribution is -2.40. The van der Waals surface area contributed by atoms with Gasteiger partial charge in [0.15, 0.2) is 0 Å². The Balaban J connectivity index is 1.69. The van der Waals surface area contributed by atoms with E-state index in [9.17, 15) is 24.0 Å².